The summed E-state index contributed by atoms with van der Waals surface area (Å²) < 4.78 is 5.96. The highest BCUT2D eigenvalue weighted by Crippen LogP contribution is 2.29. The molecule has 0 saturated heterocycles. The van der Waals surface area contributed by atoms with E-state index < -0.39 is 5.91 Å². The van der Waals surface area contributed by atoms with Crippen LogP contribution in [0.15, 0.2) is 85.3 Å². The van der Waals surface area contributed by atoms with Gasteiger partial charge in [-0.05, 0) is 54.6 Å². The topological polar surface area (TPSA) is 92.8 Å². The lowest BCUT2D eigenvalue weighted by molar-refractivity contribution is 0.101. The van der Waals surface area contributed by atoms with E-state index in [4.69, 9.17) is 16.3 Å². The van der Waals surface area contributed by atoms with E-state index in [-0.39, 0.29) is 5.82 Å². The highest BCUT2D eigenvalue weighted by atomic mass is 35.5. The van der Waals surface area contributed by atoms with Gasteiger partial charge in [0.1, 0.15) is 17.1 Å². The van der Waals surface area contributed by atoms with Crippen LogP contribution in [-0.4, -0.2) is 25.8 Å². The third-order valence-electron chi connectivity index (χ3n) is 4.76. The molecule has 0 aliphatic carbocycles. The van der Waals surface area contributed by atoms with Gasteiger partial charge in [0.25, 0.3) is 5.91 Å². The summed E-state index contributed by atoms with van der Waals surface area (Å²) in [6.07, 6.45) is 5.05. The molecule has 0 saturated carbocycles. The SMILES string of the molecule is O=C(Nc1ccc(Oc2ccnc3[nH]ccc23)cc1)c1nccc(-c2ccc(Cl)cc2)n1. The zero-order valence-corrected chi connectivity index (χ0v) is 17.4. The largest absolute Gasteiger partial charge is 0.457 e. The maximum atomic E-state index is 12.6. The number of anilines is 1. The summed E-state index contributed by atoms with van der Waals surface area (Å²) in [4.78, 5) is 28.4. The number of aromatic nitrogens is 4. The fourth-order valence-corrected chi connectivity index (χ4v) is 3.32. The van der Waals surface area contributed by atoms with E-state index in [0.717, 1.165) is 16.6 Å². The molecule has 0 aliphatic rings. The van der Waals surface area contributed by atoms with E-state index in [2.05, 4.69) is 25.3 Å². The average molecular weight is 442 g/mol. The van der Waals surface area contributed by atoms with Gasteiger partial charge in [0.2, 0.25) is 5.82 Å². The normalized spacial score (nSPS) is 10.8. The first-order valence-electron chi connectivity index (χ1n) is 9.76. The molecule has 8 heteroatoms. The predicted octanol–water partition coefficient (Wildman–Crippen LogP) is 5.72. The molecule has 156 valence electrons. The molecule has 2 aromatic carbocycles. The lowest BCUT2D eigenvalue weighted by atomic mass is 10.1. The number of pyridine rings is 1. The van der Waals surface area contributed by atoms with Crippen LogP contribution in [0.25, 0.3) is 22.3 Å². The predicted molar refractivity (Wildman–Crippen MR) is 123 cm³/mol. The number of hydrogen-bond donors (Lipinski definition) is 2. The number of nitrogens with one attached hydrogen (secondary N) is 2. The maximum Gasteiger partial charge on any atom is 0.293 e. The molecule has 0 atom stereocenters. The number of halogens is 1. The van der Waals surface area contributed by atoms with Crippen molar-refractivity contribution in [2.24, 2.45) is 0 Å². The van der Waals surface area contributed by atoms with E-state index in [1.54, 1.807) is 60.9 Å². The number of benzene rings is 2. The Hall–Kier alpha value is -4.23. The number of carbonyl (C=O) groups is 1. The first-order chi connectivity index (χ1) is 15.7. The summed E-state index contributed by atoms with van der Waals surface area (Å²) in [5.41, 5.74) is 2.84. The molecule has 0 bridgehead atoms. The van der Waals surface area contributed by atoms with Crippen molar-refractivity contribution in [1.82, 2.24) is 19.9 Å². The molecule has 7 nitrogen and oxygen atoms in total. The van der Waals surface area contributed by atoms with Gasteiger partial charge >= 0.3 is 0 Å². The Morgan fingerprint density at radius 1 is 0.906 bits per heavy atom. The Balaban J connectivity index is 1.29. The van der Waals surface area contributed by atoms with Crippen molar-refractivity contribution in [2.75, 3.05) is 5.32 Å². The lowest BCUT2D eigenvalue weighted by Gasteiger charge is -2.09. The van der Waals surface area contributed by atoms with E-state index >= 15 is 0 Å². The summed E-state index contributed by atoms with van der Waals surface area (Å²) in [5, 5.41) is 4.33. The molecule has 0 radical (unpaired) electrons. The average Bonchev–Trinajstić information content (AvgIpc) is 3.31. The molecule has 0 unspecified atom stereocenters. The van der Waals surface area contributed by atoms with Crippen LogP contribution < -0.4 is 10.1 Å². The van der Waals surface area contributed by atoms with Gasteiger partial charge in [-0.25, -0.2) is 15.0 Å². The van der Waals surface area contributed by atoms with E-state index in [9.17, 15) is 4.79 Å². The van der Waals surface area contributed by atoms with Crippen molar-refractivity contribution in [3.05, 3.63) is 96.2 Å². The van der Waals surface area contributed by atoms with Crippen LogP contribution in [0.4, 0.5) is 5.69 Å². The molecular weight excluding hydrogens is 426 g/mol. The van der Waals surface area contributed by atoms with Gasteiger partial charge in [0.15, 0.2) is 0 Å². The molecule has 0 spiro atoms. The van der Waals surface area contributed by atoms with Crippen LogP contribution in [0, 0.1) is 0 Å². The van der Waals surface area contributed by atoms with Crippen LogP contribution in [0.5, 0.6) is 11.5 Å². The standard InChI is InChI=1S/C24H16ClN5O2/c25-16-3-1-15(2-4-16)20-10-13-28-23(30-20)24(31)29-17-5-7-18(8-6-17)32-21-11-14-27-22-19(21)9-12-26-22/h1-14H,(H,26,27)(H,29,31). The van der Waals surface area contributed by atoms with Crippen molar-refractivity contribution < 1.29 is 9.53 Å². The van der Waals surface area contributed by atoms with Crippen LogP contribution in [0.3, 0.4) is 0 Å². The Labute approximate surface area is 188 Å². The highest BCUT2D eigenvalue weighted by molar-refractivity contribution is 6.30. The number of ether oxygens (including phenoxy) is 1. The molecule has 5 aromatic rings. The summed E-state index contributed by atoms with van der Waals surface area (Å²) in [7, 11) is 0. The Kier molecular flexibility index (Phi) is 5.23. The molecule has 5 rings (SSSR count). The van der Waals surface area contributed by atoms with Crippen molar-refractivity contribution in [3.63, 3.8) is 0 Å². The number of aromatic amines is 1. The molecular formula is C24H16ClN5O2. The molecule has 3 heterocycles. The van der Waals surface area contributed by atoms with Crippen LogP contribution in [0.1, 0.15) is 10.6 Å². The first-order valence-corrected chi connectivity index (χ1v) is 10.1. The van der Waals surface area contributed by atoms with Gasteiger partial charge in [-0.1, -0.05) is 23.7 Å². The maximum absolute atomic E-state index is 12.6. The van der Waals surface area contributed by atoms with Crippen molar-refractivity contribution in [2.45, 2.75) is 0 Å². The third-order valence-corrected chi connectivity index (χ3v) is 5.01. The van der Waals surface area contributed by atoms with E-state index in [1.807, 2.05) is 24.4 Å². The lowest BCUT2D eigenvalue weighted by Crippen LogP contribution is -2.15. The van der Waals surface area contributed by atoms with Gasteiger partial charge in [-0.2, -0.15) is 0 Å². The van der Waals surface area contributed by atoms with Crippen molar-refractivity contribution in [1.29, 1.82) is 0 Å². The van der Waals surface area contributed by atoms with E-state index in [0.29, 0.717) is 27.9 Å². The number of fused-ring (bicyclic) bond motifs is 1. The monoisotopic (exact) mass is 441 g/mol. The Morgan fingerprint density at radius 3 is 2.50 bits per heavy atom. The number of nitrogens with zero attached hydrogens (tertiary/aromatic N) is 3. The molecule has 3 aromatic heterocycles. The van der Waals surface area contributed by atoms with Gasteiger partial charge in [0, 0.05) is 34.9 Å². The second-order valence-electron chi connectivity index (χ2n) is 6.90. The number of carbonyl (C=O) groups excluding carboxylic acids is 1. The second-order valence-corrected chi connectivity index (χ2v) is 7.34. The first kappa shape index (κ1) is 19.7. The number of rotatable bonds is 5. The van der Waals surface area contributed by atoms with Crippen molar-refractivity contribution in [3.8, 4) is 22.8 Å². The van der Waals surface area contributed by atoms with Gasteiger partial charge in [0.05, 0.1) is 11.1 Å². The molecule has 32 heavy (non-hydrogen) atoms. The van der Waals surface area contributed by atoms with Crippen LogP contribution >= 0.6 is 11.6 Å². The van der Waals surface area contributed by atoms with Crippen LogP contribution in [-0.2, 0) is 0 Å². The van der Waals surface area contributed by atoms with Crippen molar-refractivity contribution >= 4 is 34.2 Å². The Morgan fingerprint density at radius 2 is 1.69 bits per heavy atom. The van der Waals surface area contributed by atoms with Gasteiger partial charge in [-0.15, -0.1) is 0 Å². The molecule has 0 aliphatic heterocycles. The van der Waals surface area contributed by atoms with Gasteiger partial charge < -0.3 is 15.0 Å². The van der Waals surface area contributed by atoms with E-state index in [1.165, 1.54) is 0 Å². The summed E-state index contributed by atoms with van der Waals surface area (Å²) >= 11 is 5.94. The summed E-state index contributed by atoms with van der Waals surface area (Å²) in [5.74, 6) is 1.00. The summed E-state index contributed by atoms with van der Waals surface area (Å²) in [6, 6.07) is 19.7. The minimum atomic E-state index is -0.405. The minimum Gasteiger partial charge on any atom is -0.457 e. The highest BCUT2D eigenvalue weighted by Gasteiger charge is 2.12. The molecule has 2 N–H and O–H groups in total. The minimum absolute atomic E-state index is 0.0735. The fourth-order valence-electron chi connectivity index (χ4n) is 3.19. The number of amides is 1. The zero-order chi connectivity index (χ0) is 21.9. The number of hydrogen-bond acceptors (Lipinski definition) is 5. The zero-order valence-electron chi connectivity index (χ0n) is 16.6. The summed E-state index contributed by atoms with van der Waals surface area (Å²) in [6.45, 7) is 0. The molecule has 1 amide bonds. The molecule has 0 fully saturated rings. The third kappa shape index (κ3) is 4.14. The second kappa shape index (κ2) is 8.49. The van der Waals surface area contributed by atoms with Gasteiger partial charge in [-0.3, -0.25) is 4.79 Å². The van der Waals surface area contributed by atoms with Crippen LogP contribution in [0.2, 0.25) is 5.02 Å². The fraction of sp³-hybridized carbons (Fsp3) is 0. The number of H-pyrrole nitrogens is 1. The quantitative estimate of drug-likeness (QED) is 0.364. The smallest absolute Gasteiger partial charge is 0.293 e. The Bertz CT molecular complexity index is 1400.